The molecule has 9 nitrogen and oxygen atoms in total. The third-order valence-corrected chi connectivity index (χ3v) is 11.0. The highest BCUT2D eigenvalue weighted by Gasteiger charge is 2.41. The van der Waals surface area contributed by atoms with Crippen molar-refractivity contribution in [2.75, 3.05) is 38.7 Å². The molecule has 3 aromatic rings. The normalized spacial score (nSPS) is 25.3. The van der Waals surface area contributed by atoms with Crippen molar-refractivity contribution in [1.29, 1.82) is 0 Å². The number of ether oxygens (including phenoxy) is 2. The van der Waals surface area contributed by atoms with Crippen LogP contribution in [0.3, 0.4) is 0 Å². The second kappa shape index (κ2) is 14.4. The van der Waals surface area contributed by atoms with Gasteiger partial charge in [-0.3, -0.25) is 19.3 Å². The number of methoxy groups -OCH3 is 1. The van der Waals surface area contributed by atoms with Gasteiger partial charge in [-0.2, -0.15) is 0 Å². The van der Waals surface area contributed by atoms with Crippen LogP contribution < -0.4 is 5.32 Å². The molecule has 1 unspecified atom stereocenters. The van der Waals surface area contributed by atoms with Crippen LogP contribution in [0, 0.1) is 11.7 Å². The molecule has 2 amide bonds. The number of likely N-dealkylation sites (tertiary alicyclic amines) is 2. The van der Waals surface area contributed by atoms with Gasteiger partial charge in [0.15, 0.2) is 0 Å². The third-order valence-electron chi connectivity index (χ3n) is 9.74. The predicted molar refractivity (Wildman–Crippen MR) is 175 cm³/mol. The molecule has 1 aromatic heterocycles. The first-order chi connectivity index (χ1) is 22.2. The number of halogens is 2. The molecule has 246 valence electrons. The van der Waals surface area contributed by atoms with Crippen molar-refractivity contribution in [1.82, 2.24) is 9.80 Å². The van der Waals surface area contributed by atoms with E-state index in [0.717, 1.165) is 36.0 Å². The molecule has 2 aromatic carbocycles. The molecule has 3 atom stereocenters. The molecule has 2 aliphatic heterocycles. The molecule has 46 heavy (non-hydrogen) atoms. The number of hydrogen-bond acceptors (Lipinski definition) is 7. The number of nitrogens with zero attached hydrogens (tertiary/aromatic N) is 2. The number of carboxylic acid groups (broad SMARTS) is 1. The first-order valence-corrected chi connectivity index (χ1v) is 17.1. The van der Waals surface area contributed by atoms with Gasteiger partial charge in [-0.25, -0.2) is 4.39 Å². The zero-order chi connectivity index (χ0) is 32.4. The van der Waals surface area contributed by atoms with Crippen molar-refractivity contribution in [3.8, 4) is 0 Å². The van der Waals surface area contributed by atoms with Crippen molar-refractivity contribution >= 4 is 56.5 Å². The molecule has 3 aliphatic rings. The maximum absolute atomic E-state index is 15.4. The number of aliphatic carboxylic acids is 1. The maximum atomic E-state index is 15.4. The molecular formula is C34H39ClFN3O6S. The van der Waals surface area contributed by atoms with Crippen molar-refractivity contribution in [2.45, 2.75) is 69.2 Å². The summed E-state index contributed by atoms with van der Waals surface area (Å²) in [7, 11) is 1.72. The van der Waals surface area contributed by atoms with Crippen molar-refractivity contribution in [3.05, 3.63) is 63.7 Å². The molecule has 0 spiro atoms. The molecule has 0 radical (unpaired) electrons. The van der Waals surface area contributed by atoms with Gasteiger partial charge in [0.05, 0.1) is 53.5 Å². The van der Waals surface area contributed by atoms with E-state index in [1.165, 1.54) is 23.5 Å². The number of carbonyl (C=O) groups is 3. The molecule has 12 heteroatoms. The number of benzene rings is 2. The SMILES string of the molecule is CO[C@@H]1CCN(C2C[C@@H](COC3CCC(C(=O)O)CC3)N(C(=O)Cc3cc(Cl)c(NC(=O)c4csc5ccccc45)cc3F)C2)C1. The van der Waals surface area contributed by atoms with E-state index >= 15 is 4.39 Å². The smallest absolute Gasteiger partial charge is 0.306 e. The molecule has 6 rings (SSSR count). The van der Waals surface area contributed by atoms with Crippen LogP contribution in [-0.4, -0.2) is 90.3 Å². The number of amides is 2. The van der Waals surface area contributed by atoms with Crippen LogP contribution >= 0.6 is 22.9 Å². The number of hydrogen-bond donors (Lipinski definition) is 2. The fourth-order valence-electron chi connectivity index (χ4n) is 7.05. The van der Waals surface area contributed by atoms with E-state index in [1.54, 1.807) is 17.4 Å². The molecule has 0 bridgehead atoms. The molecule has 3 heterocycles. The average molecular weight is 672 g/mol. The first-order valence-electron chi connectivity index (χ1n) is 15.9. The van der Waals surface area contributed by atoms with Gasteiger partial charge in [-0.1, -0.05) is 29.8 Å². The van der Waals surface area contributed by atoms with Gasteiger partial charge in [-0.05, 0) is 62.3 Å². The lowest BCUT2D eigenvalue weighted by molar-refractivity contribution is -0.144. The molecule has 1 saturated carbocycles. The minimum Gasteiger partial charge on any atom is -0.481 e. The predicted octanol–water partition coefficient (Wildman–Crippen LogP) is 5.84. The van der Waals surface area contributed by atoms with Gasteiger partial charge in [0.1, 0.15) is 5.82 Å². The number of nitrogens with one attached hydrogen (secondary N) is 1. The highest BCUT2D eigenvalue weighted by atomic mass is 35.5. The summed E-state index contributed by atoms with van der Waals surface area (Å²) in [6.45, 7) is 2.54. The Labute approximate surface area is 276 Å². The van der Waals surface area contributed by atoms with Gasteiger partial charge in [0.25, 0.3) is 5.91 Å². The Bertz CT molecular complexity index is 1590. The Morgan fingerprint density at radius 1 is 1.09 bits per heavy atom. The number of thiophene rings is 1. The van der Waals surface area contributed by atoms with Crippen LogP contribution in [0.2, 0.25) is 5.02 Å². The van der Waals surface area contributed by atoms with Gasteiger partial charge >= 0.3 is 5.97 Å². The average Bonchev–Trinajstić information content (AvgIpc) is 3.81. The minimum absolute atomic E-state index is 0.0395. The van der Waals surface area contributed by atoms with Crippen LogP contribution in [0.15, 0.2) is 41.8 Å². The molecule has 2 N–H and O–H groups in total. The Hall–Kier alpha value is -3.09. The quantitative estimate of drug-likeness (QED) is 0.279. The minimum atomic E-state index is -0.757. The molecule has 1 aliphatic carbocycles. The topological polar surface area (TPSA) is 108 Å². The van der Waals surface area contributed by atoms with E-state index in [-0.39, 0.29) is 64.7 Å². The number of carboxylic acids is 1. The Kier molecular flexibility index (Phi) is 10.2. The Balaban J connectivity index is 1.12. The fraction of sp³-hybridized carbons (Fsp3) is 0.500. The largest absolute Gasteiger partial charge is 0.481 e. The number of rotatable bonds is 10. The van der Waals surface area contributed by atoms with Crippen LogP contribution in [0.25, 0.3) is 10.1 Å². The molecule has 2 saturated heterocycles. The summed E-state index contributed by atoms with van der Waals surface area (Å²) in [5.74, 6) is -2.31. The van der Waals surface area contributed by atoms with Crippen LogP contribution in [0.5, 0.6) is 0 Å². The van der Waals surface area contributed by atoms with Gasteiger partial charge in [-0.15, -0.1) is 11.3 Å². The zero-order valence-corrected chi connectivity index (χ0v) is 27.3. The van der Waals surface area contributed by atoms with Crippen molar-refractivity contribution < 1.29 is 33.4 Å². The summed E-state index contributed by atoms with van der Waals surface area (Å²) < 4.78 is 28.2. The second-order valence-corrected chi connectivity index (χ2v) is 13.9. The van der Waals surface area contributed by atoms with Crippen molar-refractivity contribution in [3.63, 3.8) is 0 Å². The zero-order valence-electron chi connectivity index (χ0n) is 25.8. The lowest BCUT2D eigenvalue weighted by Gasteiger charge is -2.30. The summed E-state index contributed by atoms with van der Waals surface area (Å²) >= 11 is 7.97. The van der Waals surface area contributed by atoms with E-state index < -0.39 is 11.8 Å². The molecule has 3 fully saturated rings. The van der Waals surface area contributed by atoms with Crippen LogP contribution in [0.1, 0.15) is 54.4 Å². The second-order valence-electron chi connectivity index (χ2n) is 12.6. The summed E-state index contributed by atoms with van der Waals surface area (Å²) in [5, 5.41) is 14.8. The van der Waals surface area contributed by atoms with Crippen LogP contribution in [-0.2, 0) is 25.5 Å². The first kappa shape index (κ1) is 32.8. The molecular weight excluding hydrogens is 633 g/mol. The van der Waals surface area contributed by atoms with E-state index in [9.17, 15) is 19.5 Å². The van der Waals surface area contributed by atoms with Crippen LogP contribution in [0.4, 0.5) is 10.1 Å². The van der Waals surface area contributed by atoms with Gasteiger partial charge in [0, 0.05) is 48.3 Å². The number of fused-ring (bicyclic) bond motifs is 1. The summed E-state index contributed by atoms with van der Waals surface area (Å²) in [6, 6.07) is 10.1. The maximum Gasteiger partial charge on any atom is 0.306 e. The lowest BCUT2D eigenvalue weighted by atomic mass is 9.87. The monoisotopic (exact) mass is 671 g/mol. The Morgan fingerprint density at radius 3 is 2.61 bits per heavy atom. The Morgan fingerprint density at radius 2 is 1.87 bits per heavy atom. The summed E-state index contributed by atoms with van der Waals surface area (Å²) in [5.41, 5.74) is 0.783. The third kappa shape index (κ3) is 7.23. The van der Waals surface area contributed by atoms with E-state index in [2.05, 4.69) is 10.2 Å². The number of anilines is 1. The van der Waals surface area contributed by atoms with E-state index in [4.69, 9.17) is 21.1 Å². The van der Waals surface area contributed by atoms with Gasteiger partial charge in [0.2, 0.25) is 5.91 Å². The van der Waals surface area contributed by atoms with Crippen molar-refractivity contribution in [2.24, 2.45) is 5.92 Å². The van der Waals surface area contributed by atoms with Gasteiger partial charge < -0.3 is 24.8 Å². The number of carbonyl (C=O) groups excluding carboxylic acids is 2. The standard InChI is InChI=1S/C34H39ClFN3O6S/c1-44-25-10-11-38(17-25)22-14-23(18-45-24-8-6-20(7-9-24)34(42)43)39(16-22)32(40)13-21-12-28(35)30(15-29(21)36)37-33(41)27-19-46-31-5-3-2-4-26(27)31/h2-5,12,15,19-20,22-25H,6-11,13-14,16-18H2,1H3,(H,37,41)(H,42,43)/t20?,22?,23-,24?,25+/m0/s1. The summed E-state index contributed by atoms with van der Waals surface area (Å²) in [4.78, 5) is 42.3. The summed E-state index contributed by atoms with van der Waals surface area (Å²) in [6.07, 6.45) is 4.14. The highest BCUT2D eigenvalue weighted by Crippen LogP contribution is 2.32. The lowest BCUT2D eigenvalue weighted by Crippen LogP contribution is -2.41. The van der Waals surface area contributed by atoms with E-state index in [1.807, 2.05) is 24.3 Å². The van der Waals surface area contributed by atoms with E-state index in [0.29, 0.717) is 44.4 Å². The highest BCUT2D eigenvalue weighted by molar-refractivity contribution is 7.17. The fourth-order valence-corrected chi connectivity index (χ4v) is 8.22.